The number of nitro groups is 1. The maximum atomic E-state index is 10.8. The number of non-ortho nitro benzene ring substituents is 1. The third-order valence-electron chi connectivity index (χ3n) is 2.55. The SMILES string of the molecule is O=[N+]([O-])c1cccc2cc3c(cc12)OCO3. The van der Waals surface area contributed by atoms with Crippen LogP contribution >= 0.6 is 0 Å². The van der Waals surface area contributed by atoms with Crippen molar-refractivity contribution in [3.05, 3.63) is 40.4 Å². The van der Waals surface area contributed by atoms with Crippen LogP contribution in [0.25, 0.3) is 10.8 Å². The molecule has 5 nitrogen and oxygen atoms in total. The molecule has 1 aliphatic rings. The lowest BCUT2D eigenvalue weighted by Crippen LogP contribution is -1.92. The van der Waals surface area contributed by atoms with Crippen molar-refractivity contribution in [3.63, 3.8) is 0 Å². The average molecular weight is 217 g/mol. The summed E-state index contributed by atoms with van der Waals surface area (Å²) in [6.07, 6.45) is 0. The van der Waals surface area contributed by atoms with E-state index < -0.39 is 4.92 Å². The van der Waals surface area contributed by atoms with Gasteiger partial charge in [0.25, 0.3) is 5.69 Å². The van der Waals surface area contributed by atoms with Gasteiger partial charge in [0.05, 0.1) is 10.3 Å². The first-order valence-electron chi connectivity index (χ1n) is 4.72. The van der Waals surface area contributed by atoms with E-state index in [-0.39, 0.29) is 12.5 Å². The van der Waals surface area contributed by atoms with E-state index >= 15 is 0 Å². The van der Waals surface area contributed by atoms with Crippen LogP contribution in [0.1, 0.15) is 0 Å². The molecule has 2 aromatic rings. The molecule has 0 radical (unpaired) electrons. The molecule has 3 rings (SSSR count). The van der Waals surface area contributed by atoms with Gasteiger partial charge in [-0.25, -0.2) is 0 Å². The van der Waals surface area contributed by atoms with Crippen LogP contribution in [0.3, 0.4) is 0 Å². The summed E-state index contributed by atoms with van der Waals surface area (Å²) in [6.45, 7) is 0.166. The van der Waals surface area contributed by atoms with E-state index in [2.05, 4.69) is 0 Å². The van der Waals surface area contributed by atoms with Crippen molar-refractivity contribution in [1.29, 1.82) is 0 Å². The molecule has 0 saturated heterocycles. The highest BCUT2D eigenvalue weighted by atomic mass is 16.7. The molecule has 5 heteroatoms. The number of benzene rings is 2. The highest BCUT2D eigenvalue weighted by Gasteiger charge is 2.18. The highest BCUT2D eigenvalue weighted by molar-refractivity contribution is 5.93. The number of fused-ring (bicyclic) bond motifs is 2. The van der Waals surface area contributed by atoms with Gasteiger partial charge in [-0.15, -0.1) is 0 Å². The molecule has 0 fully saturated rings. The largest absolute Gasteiger partial charge is 0.454 e. The average Bonchev–Trinajstić information content (AvgIpc) is 2.71. The van der Waals surface area contributed by atoms with Crippen LogP contribution in [-0.4, -0.2) is 11.7 Å². The summed E-state index contributed by atoms with van der Waals surface area (Å²) >= 11 is 0. The normalized spacial score (nSPS) is 13.0. The number of nitrogens with zero attached hydrogens (tertiary/aromatic N) is 1. The summed E-state index contributed by atoms with van der Waals surface area (Å²) in [5.74, 6) is 1.19. The van der Waals surface area contributed by atoms with Gasteiger partial charge in [0.1, 0.15) is 0 Å². The van der Waals surface area contributed by atoms with E-state index in [1.807, 2.05) is 6.07 Å². The fraction of sp³-hybridized carbons (Fsp3) is 0.0909. The predicted octanol–water partition coefficient (Wildman–Crippen LogP) is 2.48. The van der Waals surface area contributed by atoms with Crippen LogP contribution in [0.5, 0.6) is 11.5 Å². The molecule has 0 aromatic heterocycles. The first-order valence-corrected chi connectivity index (χ1v) is 4.72. The minimum absolute atomic E-state index is 0.0794. The van der Waals surface area contributed by atoms with Crippen molar-refractivity contribution in [2.75, 3.05) is 6.79 Å². The third kappa shape index (κ3) is 1.18. The van der Waals surface area contributed by atoms with Gasteiger partial charge in [0, 0.05) is 6.07 Å². The van der Waals surface area contributed by atoms with E-state index in [1.54, 1.807) is 18.2 Å². The van der Waals surface area contributed by atoms with Crippen LogP contribution in [0.2, 0.25) is 0 Å². The Labute approximate surface area is 90.4 Å². The molecule has 0 N–H and O–H groups in total. The van der Waals surface area contributed by atoms with Gasteiger partial charge in [-0.3, -0.25) is 10.1 Å². The van der Waals surface area contributed by atoms with Crippen LogP contribution in [0.4, 0.5) is 5.69 Å². The Morgan fingerprint density at radius 3 is 2.69 bits per heavy atom. The van der Waals surface area contributed by atoms with Gasteiger partial charge in [0.15, 0.2) is 11.5 Å². The van der Waals surface area contributed by atoms with Crippen molar-refractivity contribution in [1.82, 2.24) is 0 Å². The maximum Gasteiger partial charge on any atom is 0.277 e. The number of ether oxygens (including phenoxy) is 2. The topological polar surface area (TPSA) is 61.6 Å². The molecule has 80 valence electrons. The maximum absolute atomic E-state index is 10.8. The zero-order valence-corrected chi connectivity index (χ0v) is 8.17. The minimum Gasteiger partial charge on any atom is -0.454 e. The lowest BCUT2D eigenvalue weighted by Gasteiger charge is -2.01. The molecule has 0 bridgehead atoms. The molecular weight excluding hydrogens is 210 g/mol. The van der Waals surface area contributed by atoms with Gasteiger partial charge < -0.3 is 9.47 Å². The van der Waals surface area contributed by atoms with Gasteiger partial charge in [-0.1, -0.05) is 12.1 Å². The molecule has 16 heavy (non-hydrogen) atoms. The quantitative estimate of drug-likeness (QED) is 0.543. The Bertz CT molecular complexity index is 594. The first-order chi connectivity index (χ1) is 7.75. The van der Waals surface area contributed by atoms with E-state index in [0.29, 0.717) is 16.9 Å². The monoisotopic (exact) mass is 217 g/mol. The summed E-state index contributed by atoms with van der Waals surface area (Å²) in [5.41, 5.74) is 0.0794. The van der Waals surface area contributed by atoms with E-state index in [1.165, 1.54) is 6.07 Å². The number of rotatable bonds is 1. The second-order valence-electron chi connectivity index (χ2n) is 3.46. The van der Waals surface area contributed by atoms with E-state index in [0.717, 1.165) is 5.39 Å². The second-order valence-corrected chi connectivity index (χ2v) is 3.46. The number of hydrogen-bond donors (Lipinski definition) is 0. The third-order valence-corrected chi connectivity index (χ3v) is 2.55. The predicted molar refractivity (Wildman–Crippen MR) is 56.7 cm³/mol. The lowest BCUT2D eigenvalue weighted by atomic mass is 10.1. The molecule has 0 saturated carbocycles. The van der Waals surface area contributed by atoms with Crippen molar-refractivity contribution < 1.29 is 14.4 Å². The van der Waals surface area contributed by atoms with Gasteiger partial charge >= 0.3 is 0 Å². The Hall–Kier alpha value is -2.30. The number of hydrogen-bond acceptors (Lipinski definition) is 4. The number of nitro benzene ring substituents is 1. The van der Waals surface area contributed by atoms with Crippen molar-refractivity contribution in [2.45, 2.75) is 0 Å². The molecule has 1 heterocycles. The van der Waals surface area contributed by atoms with Gasteiger partial charge in [-0.05, 0) is 17.5 Å². The Morgan fingerprint density at radius 2 is 1.94 bits per heavy atom. The molecule has 0 atom stereocenters. The molecule has 0 aliphatic carbocycles. The van der Waals surface area contributed by atoms with Crippen LogP contribution < -0.4 is 9.47 Å². The van der Waals surface area contributed by atoms with Gasteiger partial charge in [0.2, 0.25) is 6.79 Å². The Kier molecular flexibility index (Phi) is 1.73. The molecule has 0 amide bonds. The molecule has 0 unspecified atom stereocenters. The Morgan fingerprint density at radius 1 is 1.19 bits per heavy atom. The Balaban J connectivity index is 2.35. The molecule has 0 spiro atoms. The van der Waals surface area contributed by atoms with Gasteiger partial charge in [-0.2, -0.15) is 0 Å². The minimum atomic E-state index is -0.398. The smallest absolute Gasteiger partial charge is 0.277 e. The molecule has 1 aliphatic heterocycles. The zero-order chi connectivity index (χ0) is 11.1. The van der Waals surface area contributed by atoms with Crippen LogP contribution in [-0.2, 0) is 0 Å². The van der Waals surface area contributed by atoms with Crippen LogP contribution in [0, 0.1) is 10.1 Å². The van der Waals surface area contributed by atoms with Crippen LogP contribution in [0.15, 0.2) is 30.3 Å². The second kappa shape index (κ2) is 3.10. The fourth-order valence-corrected chi connectivity index (χ4v) is 1.81. The zero-order valence-electron chi connectivity index (χ0n) is 8.17. The molecule has 2 aromatic carbocycles. The first kappa shape index (κ1) is 8.96. The lowest BCUT2D eigenvalue weighted by molar-refractivity contribution is -0.383. The summed E-state index contributed by atoms with van der Waals surface area (Å²) in [4.78, 5) is 10.5. The summed E-state index contributed by atoms with van der Waals surface area (Å²) in [6, 6.07) is 8.35. The van der Waals surface area contributed by atoms with Crippen molar-refractivity contribution in [3.8, 4) is 11.5 Å². The van der Waals surface area contributed by atoms with Crippen molar-refractivity contribution in [2.24, 2.45) is 0 Å². The highest BCUT2D eigenvalue weighted by Crippen LogP contribution is 2.38. The molecular formula is C11H7NO4. The van der Waals surface area contributed by atoms with Crippen molar-refractivity contribution >= 4 is 16.5 Å². The fourth-order valence-electron chi connectivity index (χ4n) is 1.81. The standard InChI is InChI=1S/C11H7NO4/c13-12(14)9-3-1-2-7-4-10-11(5-8(7)9)16-6-15-10/h1-5H,6H2. The summed E-state index contributed by atoms with van der Waals surface area (Å²) < 4.78 is 10.4. The summed E-state index contributed by atoms with van der Waals surface area (Å²) in [7, 11) is 0. The summed E-state index contributed by atoms with van der Waals surface area (Å²) in [5, 5.41) is 12.2. The van der Waals surface area contributed by atoms with E-state index in [4.69, 9.17) is 9.47 Å². The van der Waals surface area contributed by atoms with E-state index in [9.17, 15) is 10.1 Å².